The summed E-state index contributed by atoms with van der Waals surface area (Å²) in [7, 11) is 0. The molecule has 4 nitrogen and oxygen atoms in total. The van der Waals surface area contributed by atoms with Crippen molar-refractivity contribution in [2.45, 2.75) is 13.8 Å². The van der Waals surface area contributed by atoms with Gasteiger partial charge in [-0.3, -0.25) is 4.79 Å². The van der Waals surface area contributed by atoms with Crippen LogP contribution in [0.15, 0.2) is 42.5 Å². The molecule has 0 saturated heterocycles. The lowest BCUT2D eigenvalue weighted by Gasteiger charge is -2.21. The molecule has 128 valence electrons. The van der Waals surface area contributed by atoms with E-state index in [2.05, 4.69) is 29.4 Å². The first-order chi connectivity index (χ1) is 11.5. The van der Waals surface area contributed by atoms with Crippen LogP contribution in [0.4, 0.5) is 17.1 Å². The Morgan fingerprint density at radius 3 is 2.33 bits per heavy atom. The molecule has 24 heavy (non-hydrogen) atoms. The molecule has 0 aliphatic heterocycles. The smallest absolute Gasteiger partial charge is 0.243 e. The SMILES string of the molecule is CCN(CC)c1ccc(NCC(=O)Nc2cccc(Cl)c2Cl)cc1. The van der Waals surface area contributed by atoms with Gasteiger partial charge in [0.05, 0.1) is 22.3 Å². The van der Waals surface area contributed by atoms with Gasteiger partial charge in [-0.05, 0) is 50.2 Å². The number of anilines is 3. The number of carbonyl (C=O) groups excluding carboxylic acids is 1. The highest BCUT2D eigenvalue weighted by Crippen LogP contribution is 2.29. The van der Waals surface area contributed by atoms with Gasteiger partial charge in [-0.15, -0.1) is 0 Å². The van der Waals surface area contributed by atoms with E-state index < -0.39 is 0 Å². The molecule has 2 aromatic carbocycles. The van der Waals surface area contributed by atoms with E-state index in [0.717, 1.165) is 18.8 Å². The third kappa shape index (κ3) is 4.79. The van der Waals surface area contributed by atoms with Crippen molar-refractivity contribution in [2.24, 2.45) is 0 Å². The fourth-order valence-electron chi connectivity index (χ4n) is 2.36. The minimum atomic E-state index is -0.188. The molecule has 0 aliphatic carbocycles. The van der Waals surface area contributed by atoms with Crippen LogP contribution in [0.5, 0.6) is 0 Å². The fourth-order valence-corrected chi connectivity index (χ4v) is 2.70. The van der Waals surface area contributed by atoms with E-state index in [9.17, 15) is 4.79 Å². The Labute approximate surface area is 152 Å². The summed E-state index contributed by atoms with van der Waals surface area (Å²) in [5.74, 6) is -0.188. The molecule has 6 heteroatoms. The Kier molecular flexibility index (Phi) is 6.76. The second kappa shape index (κ2) is 8.81. The number of nitrogens with zero attached hydrogens (tertiary/aromatic N) is 1. The number of rotatable bonds is 7. The van der Waals surface area contributed by atoms with Gasteiger partial charge in [-0.1, -0.05) is 29.3 Å². The molecule has 0 bridgehead atoms. The van der Waals surface area contributed by atoms with Gasteiger partial charge in [-0.2, -0.15) is 0 Å². The molecule has 2 aromatic rings. The minimum absolute atomic E-state index is 0.146. The van der Waals surface area contributed by atoms with Crippen molar-refractivity contribution in [3.8, 4) is 0 Å². The normalized spacial score (nSPS) is 10.3. The molecule has 0 spiro atoms. The Hall–Kier alpha value is -1.91. The topological polar surface area (TPSA) is 44.4 Å². The Morgan fingerprint density at radius 2 is 1.71 bits per heavy atom. The van der Waals surface area contributed by atoms with Crippen molar-refractivity contribution in [3.63, 3.8) is 0 Å². The number of hydrogen-bond acceptors (Lipinski definition) is 3. The molecule has 0 unspecified atom stereocenters. The maximum absolute atomic E-state index is 12.0. The maximum atomic E-state index is 12.0. The summed E-state index contributed by atoms with van der Waals surface area (Å²) in [4.78, 5) is 14.3. The summed E-state index contributed by atoms with van der Waals surface area (Å²) in [6.07, 6.45) is 0. The molecule has 0 heterocycles. The van der Waals surface area contributed by atoms with Crippen LogP contribution < -0.4 is 15.5 Å². The number of carbonyl (C=O) groups is 1. The first kappa shape index (κ1) is 18.4. The molecule has 0 atom stereocenters. The van der Waals surface area contributed by atoms with E-state index in [1.807, 2.05) is 24.3 Å². The first-order valence-corrected chi connectivity index (χ1v) is 8.63. The zero-order chi connectivity index (χ0) is 17.5. The van der Waals surface area contributed by atoms with Gasteiger partial charge < -0.3 is 15.5 Å². The van der Waals surface area contributed by atoms with Gasteiger partial charge in [0, 0.05) is 24.5 Å². The van der Waals surface area contributed by atoms with Crippen molar-refractivity contribution in [1.82, 2.24) is 0 Å². The predicted octanol–water partition coefficient (Wildman–Crippen LogP) is 4.89. The molecular formula is C18H21Cl2N3O. The summed E-state index contributed by atoms with van der Waals surface area (Å²) in [5, 5.41) is 6.59. The Balaban J connectivity index is 1.91. The molecule has 0 fully saturated rings. The summed E-state index contributed by atoms with van der Waals surface area (Å²) < 4.78 is 0. The van der Waals surface area contributed by atoms with E-state index in [1.54, 1.807) is 18.2 Å². The highest BCUT2D eigenvalue weighted by Gasteiger charge is 2.08. The third-order valence-corrected chi connectivity index (χ3v) is 4.49. The lowest BCUT2D eigenvalue weighted by molar-refractivity contribution is -0.114. The van der Waals surface area contributed by atoms with Crippen LogP contribution >= 0.6 is 23.2 Å². The molecule has 0 saturated carbocycles. The average Bonchev–Trinajstić information content (AvgIpc) is 2.59. The number of benzene rings is 2. The summed E-state index contributed by atoms with van der Waals surface area (Å²) >= 11 is 12.0. The van der Waals surface area contributed by atoms with Crippen molar-refractivity contribution in [3.05, 3.63) is 52.5 Å². The zero-order valence-electron chi connectivity index (χ0n) is 13.8. The third-order valence-electron chi connectivity index (χ3n) is 3.67. The lowest BCUT2D eigenvalue weighted by Crippen LogP contribution is -2.22. The van der Waals surface area contributed by atoms with Gasteiger partial charge in [-0.25, -0.2) is 0 Å². The molecule has 0 aromatic heterocycles. The van der Waals surface area contributed by atoms with E-state index in [0.29, 0.717) is 15.7 Å². The first-order valence-electron chi connectivity index (χ1n) is 7.87. The molecule has 2 rings (SSSR count). The van der Waals surface area contributed by atoms with Crippen LogP contribution in [-0.2, 0) is 4.79 Å². The van der Waals surface area contributed by atoms with E-state index in [4.69, 9.17) is 23.2 Å². The Morgan fingerprint density at radius 1 is 1.04 bits per heavy atom. The summed E-state index contributed by atoms with van der Waals surface area (Å²) in [6, 6.07) is 13.1. The highest BCUT2D eigenvalue weighted by atomic mass is 35.5. The molecule has 0 radical (unpaired) electrons. The van der Waals surface area contributed by atoms with Crippen LogP contribution in [0.1, 0.15) is 13.8 Å². The van der Waals surface area contributed by atoms with Crippen LogP contribution in [-0.4, -0.2) is 25.5 Å². The number of hydrogen-bond donors (Lipinski definition) is 2. The van der Waals surface area contributed by atoms with Gasteiger partial charge >= 0.3 is 0 Å². The summed E-state index contributed by atoms with van der Waals surface area (Å²) in [6.45, 7) is 6.33. The number of halogens is 2. The minimum Gasteiger partial charge on any atom is -0.376 e. The van der Waals surface area contributed by atoms with Crippen LogP contribution in [0.3, 0.4) is 0 Å². The van der Waals surface area contributed by atoms with Gasteiger partial charge in [0.1, 0.15) is 0 Å². The quantitative estimate of drug-likeness (QED) is 0.733. The van der Waals surface area contributed by atoms with Crippen LogP contribution in [0.25, 0.3) is 0 Å². The van der Waals surface area contributed by atoms with Crippen molar-refractivity contribution in [1.29, 1.82) is 0 Å². The van der Waals surface area contributed by atoms with E-state index in [1.165, 1.54) is 5.69 Å². The van der Waals surface area contributed by atoms with Crippen LogP contribution in [0, 0.1) is 0 Å². The second-order valence-electron chi connectivity index (χ2n) is 5.22. The van der Waals surface area contributed by atoms with Gasteiger partial charge in [0.25, 0.3) is 0 Å². The molecule has 1 amide bonds. The molecule has 0 aliphatic rings. The largest absolute Gasteiger partial charge is 0.376 e. The van der Waals surface area contributed by atoms with Crippen molar-refractivity contribution >= 4 is 46.2 Å². The van der Waals surface area contributed by atoms with Crippen molar-refractivity contribution < 1.29 is 4.79 Å². The number of nitrogens with one attached hydrogen (secondary N) is 2. The average molecular weight is 366 g/mol. The molecular weight excluding hydrogens is 345 g/mol. The highest BCUT2D eigenvalue weighted by molar-refractivity contribution is 6.44. The fraction of sp³-hybridized carbons (Fsp3) is 0.278. The zero-order valence-corrected chi connectivity index (χ0v) is 15.3. The summed E-state index contributed by atoms with van der Waals surface area (Å²) in [5.41, 5.74) is 2.56. The Bertz CT molecular complexity index is 685. The predicted molar refractivity (Wildman–Crippen MR) is 104 cm³/mol. The van der Waals surface area contributed by atoms with Crippen LogP contribution in [0.2, 0.25) is 10.0 Å². The monoisotopic (exact) mass is 365 g/mol. The van der Waals surface area contributed by atoms with E-state index >= 15 is 0 Å². The van der Waals surface area contributed by atoms with Gasteiger partial charge in [0.15, 0.2) is 0 Å². The van der Waals surface area contributed by atoms with Crippen molar-refractivity contribution in [2.75, 3.05) is 35.2 Å². The second-order valence-corrected chi connectivity index (χ2v) is 6.01. The maximum Gasteiger partial charge on any atom is 0.243 e. The standard InChI is InChI=1S/C18H21Cl2N3O/c1-3-23(4-2)14-10-8-13(9-11-14)21-12-17(24)22-16-7-5-6-15(19)18(16)20/h5-11,21H,3-4,12H2,1-2H3,(H,22,24). The number of amides is 1. The molecule has 2 N–H and O–H groups in total. The van der Waals surface area contributed by atoms with E-state index in [-0.39, 0.29) is 12.5 Å². The lowest BCUT2D eigenvalue weighted by atomic mass is 10.2. The van der Waals surface area contributed by atoms with Gasteiger partial charge in [0.2, 0.25) is 5.91 Å².